The van der Waals surface area contributed by atoms with E-state index in [4.69, 9.17) is 0 Å². The topological polar surface area (TPSA) is 61.4 Å². The molecule has 0 spiro atoms. The molecule has 0 aromatic heterocycles. The van der Waals surface area contributed by atoms with Crippen LogP contribution in [0.15, 0.2) is 0 Å². The minimum Gasteiger partial charge on any atom is -0.396 e. The second-order valence-electron chi connectivity index (χ2n) is 6.26. The van der Waals surface area contributed by atoms with Gasteiger partial charge in [-0.05, 0) is 38.6 Å². The molecule has 0 bridgehead atoms. The van der Waals surface area contributed by atoms with Gasteiger partial charge in [-0.15, -0.1) is 0 Å². The van der Waals surface area contributed by atoms with Gasteiger partial charge in [-0.25, -0.2) is 0 Å². The lowest BCUT2D eigenvalue weighted by molar-refractivity contribution is -0.133. The highest BCUT2D eigenvalue weighted by Gasteiger charge is 2.40. The standard InChI is InChI=1S/C15H28N2O2/c1-2-7-15(8-4-9-16-11-15)14(19)17-13-6-3-5-12(13)10-18/h12-13,16,18H,2-11H2,1H3,(H,17,19). The summed E-state index contributed by atoms with van der Waals surface area (Å²) in [6.45, 7) is 4.18. The van der Waals surface area contributed by atoms with E-state index in [1.165, 1.54) is 0 Å². The van der Waals surface area contributed by atoms with E-state index in [9.17, 15) is 9.90 Å². The third kappa shape index (κ3) is 3.29. The van der Waals surface area contributed by atoms with Crippen molar-refractivity contribution in [2.45, 2.75) is 57.9 Å². The molecule has 1 heterocycles. The van der Waals surface area contributed by atoms with Crippen LogP contribution in [-0.4, -0.2) is 36.8 Å². The zero-order chi connectivity index (χ0) is 13.7. The van der Waals surface area contributed by atoms with Crippen molar-refractivity contribution < 1.29 is 9.90 Å². The molecule has 1 aliphatic carbocycles. The maximum absolute atomic E-state index is 12.7. The second kappa shape index (κ2) is 6.71. The first-order valence-corrected chi connectivity index (χ1v) is 7.84. The van der Waals surface area contributed by atoms with Gasteiger partial charge in [0.2, 0.25) is 5.91 Å². The fourth-order valence-corrected chi connectivity index (χ4v) is 3.73. The van der Waals surface area contributed by atoms with Gasteiger partial charge in [-0.2, -0.15) is 0 Å². The molecule has 3 atom stereocenters. The molecule has 1 aliphatic heterocycles. The molecule has 1 saturated heterocycles. The first-order valence-electron chi connectivity index (χ1n) is 7.84. The molecule has 1 amide bonds. The number of rotatable bonds is 5. The van der Waals surface area contributed by atoms with Gasteiger partial charge < -0.3 is 15.7 Å². The van der Waals surface area contributed by atoms with Gasteiger partial charge in [0, 0.05) is 25.1 Å². The van der Waals surface area contributed by atoms with Crippen LogP contribution in [0, 0.1) is 11.3 Å². The van der Waals surface area contributed by atoms with Crippen molar-refractivity contribution in [1.29, 1.82) is 0 Å². The number of amides is 1. The zero-order valence-electron chi connectivity index (χ0n) is 12.1. The van der Waals surface area contributed by atoms with Crippen molar-refractivity contribution in [1.82, 2.24) is 10.6 Å². The van der Waals surface area contributed by atoms with E-state index in [1.54, 1.807) is 0 Å². The third-order valence-corrected chi connectivity index (χ3v) is 4.89. The van der Waals surface area contributed by atoms with Crippen molar-refractivity contribution in [3.05, 3.63) is 0 Å². The summed E-state index contributed by atoms with van der Waals surface area (Å²) in [6, 6.07) is 0.188. The van der Waals surface area contributed by atoms with E-state index in [-0.39, 0.29) is 29.9 Å². The number of carbonyl (C=O) groups excluding carboxylic acids is 1. The minimum absolute atomic E-state index is 0.188. The number of carbonyl (C=O) groups is 1. The first-order chi connectivity index (χ1) is 9.22. The van der Waals surface area contributed by atoms with Crippen LogP contribution in [-0.2, 0) is 4.79 Å². The Balaban J connectivity index is 1.99. The summed E-state index contributed by atoms with van der Waals surface area (Å²) in [4.78, 5) is 12.7. The molecular formula is C15H28N2O2. The average molecular weight is 268 g/mol. The first kappa shape index (κ1) is 14.8. The highest BCUT2D eigenvalue weighted by atomic mass is 16.3. The Morgan fingerprint density at radius 3 is 2.89 bits per heavy atom. The summed E-state index contributed by atoms with van der Waals surface area (Å²) in [7, 11) is 0. The monoisotopic (exact) mass is 268 g/mol. The van der Waals surface area contributed by atoms with E-state index in [2.05, 4.69) is 17.6 Å². The molecule has 0 aromatic rings. The summed E-state index contributed by atoms with van der Waals surface area (Å²) in [5.41, 5.74) is -0.213. The van der Waals surface area contributed by atoms with E-state index in [0.717, 1.165) is 58.0 Å². The van der Waals surface area contributed by atoms with E-state index >= 15 is 0 Å². The Morgan fingerprint density at radius 1 is 1.42 bits per heavy atom. The number of aliphatic hydroxyl groups is 1. The van der Waals surface area contributed by atoms with Gasteiger partial charge in [0.05, 0.1) is 5.41 Å². The van der Waals surface area contributed by atoms with Gasteiger partial charge in [-0.1, -0.05) is 19.8 Å². The quantitative estimate of drug-likeness (QED) is 0.707. The Labute approximate surface area is 116 Å². The SMILES string of the molecule is CCCC1(C(=O)NC2CCCC2CO)CCCNC1. The van der Waals surface area contributed by atoms with Gasteiger partial charge in [0.25, 0.3) is 0 Å². The summed E-state index contributed by atoms with van der Waals surface area (Å²) in [6.07, 6.45) is 7.27. The van der Waals surface area contributed by atoms with Crippen molar-refractivity contribution >= 4 is 5.91 Å². The van der Waals surface area contributed by atoms with E-state index in [0.29, 0.717) is 0 Å². The summed E-state index contributed by atoms with van der Waals surface area (Å²) >= 11 is 0. The molecule has 2 rings (SSSR count). The van der Waals surface area contributed by atoms with Gasteiger partial charge in [0.1, 0.15) is 0 Å². The summed E-state index contributed by atoms with van der Waals surface area (Å²) in [5, 5.41) is 16.0. The van der Waals surface area contributed by atoms with Crippen molar-refractivity contribution in [3.63, 3.8) is 0 Å². The average Bonchev–Trinajstić information content (AvgIpc) is 2.87. The Kier molecular flexibility index (Phi) is 5.22. The lowest BCUT2D eigenvalue weighted by atomic mass is 9.76. The lowest BCUT2D eigenvalue weighted by Gasteiger charge is -2.37. The van der Waals surface area contributed by atoms with Crippen molar-refractivity contribution in [2.75, 3.05) is 19.7 Å². The van der Waals surface area contributed by atoms with Gasteiger partial charge in [-0.3, -0.25) is 4.79 Å². The van der Waals surface area contributed by atoms with Gasteiger partial charge >= 0.3 is 0 Å². The van der Waals surface area contributed by atoms with Crippen LogP contribution in [0.25, 0.3) is 0 Å². The predicted molar refractivity (Wildman–Crippen MR) is 75.8 cm³/mol. The van der Waals surface area contributed by atoms with Crippen LogP contribution in [0.4, 0.5) is 0 Å². The molecular weight excluding hydrogens is 240 g/mol. The zero-order valence-corrected chi connectivity index (χ0v) is 12.1. The van der Waals surface area contributed by atoms with Crippen LogP contribution in [0.1, 0.15) is 51.9 Å². The highest BCUT2D eigenvalue weighted by molar-refractivity contribution is 5.83. The molecule has 19 heavy (non-hydrogen) atoms. The normalized spacial score (nSPS) is 35.3. The van der Waals surface area contributed by atoms with Crippen LogP contribution in [0.3, 0.4) is 0 Å². The predicted octanol–water partition coefficient (Wildman–Crippen LogP) is 1.43. The number of nitrogens with one attached hydrogen (secondary N) is 2. The number of aliphatic hydroxyl groups excluding tert-OH is 1. The number of hydrogen-bond donors (Lipinski definition) is 3. The van der Waals surface area contributed by atoms with Crippen molar-refractivity contribution in [2.24, 2.45) is 11.3 Å². The fourth-order valence-electron chi connectivity index (χ4n) is 3.73. The van der Waals surface area contributed by atoms with Crippen LogP contribution in [0.2, 0.25) is 0 Å². The minimum atomic E-state index is -0.213. The fraction of sp³-hybridized carbons (Fsp3) is 0.933. The molecule has 2 aliphatic rings. The van der Waals surface area contributed by atoms with Crippen LogP contribution < -0.4 is 10.6 Å². The number of piperidine rings is 1. The Morgan fingerprint density at radius 2 is 2.26 bits per heavy atom. The maximum atomic E-state index is 12.7. The second-order valence-corrected chi connectivity index (χ2v) is 6.26. The molecule has 110 valence electrons. The third-order valence-electron chi connectivity index (χ3n) is 4.89. The van der Waals surface area contributed by atoms with E-state index < -0.39 is 0 Å². The molecule has 2 fully saturated rings. The smallest absolute Gasteiger partial charge is 0.227 e. The Bertz CT molecular complexity index is 295. The molecule has 3 N–H and O–H groups in total. The molecule has 4 heteroatoms. The molecule has 0 radical (unpaired) electrons. The van der Waals surface area contributed by atoms with Crippen LogP contribution in [0.5, 0.6) is 0 Å². The highest BCUT2D eigenvalue weighted by Crippen LogP contribution is 2.33. The molecule has 1 saturated carbocycles. The summed E-state index contributed by atoms with van der Waals surface area (Å²) in [5.74, 6) is 0.478. The molecule has 3 unspecified atom stereocenters. The van der Waals surface area contributed by atoms with Crippen molar-refractivity contribution in [3.8, 4) is 0 Å². The van der Waals surface area contributed by atoms with Gasteiger partial charge in [0.15, 0.2) is 0 Å². The summed E-state index contributed by atoms with van der Waals surface area (Å²) < 4.78 is 0. The van der Waals surface area contributed by atoms with Crippen LogP contribution >= 0.6 is 0 Å². The molecule has 4 nitrogen and oxygen atoms in total. The molecule has 0 aromatic carbocycles. The lowest BCUT2D eigenvalue weighted by Crippen LogP contribution is -2.53. The Hall–Kier alpha value is -0.610. The maximum Gasteiger partial charge on any atom is 0.227 e. The number of hydrogen-bond acceptors (Lipinski definition) is 3. The largest absolute Gasteiger partial charge is 0.396 e. The van der Waals surface area contributed by atoms with E-state index in [1.807, 2.05) is 0 Å².